The average Bonchev–Trinajstić information content (AvgIpc) is 2.15. The monoisotopic (exact) mass is 193 g/mol. The minimum absolute atomic E-state index is 0.415. The first-order valence-corrected chi connectivity index (χ1v) is 5.06. The minimum Gasteiger partial charge on any atom is -0.366 e. The highest BCUT2D eigenvalue weighted by Crippen LogP contribution is 1.99. The molecule has 0 rings (SSSR count). The normalized spacial score (nSPS) is 12.1. The molecule has 0 spiro atoms. The highest BCUT2D eigenvalue weighted by Gasteiger charge is 1.79. The van der Waals surface area contributed by atoms with Crippen molar-refractivity contribution >= 4 is 5.91 Å². The van der Waals surface area contributed by atoms with Crippen molar-refractivity contribution in [2.24, 2.45) is 5.73 Å². The molecule has 0 bridgehead atoms. The number of hydrogen-bond acceptors (Lipinski definition) is 1. The van der Waals surface area contributed by atoms with Crippen molar-refractivity contribution in [2.45, 2.75) is 32.6 Å². The molecular formula is C12H19NO. The van der Waals surface area contributed by atoms with Crippen molar-refractivity contribution in [1.29, 1.82) is 0 Å². The lowest BCUT2D eigenvalue weighted by Gasteiger charge is -1.89. The SMILES string of the molecule is CCCCCC=CC=CC=CC(N)=O. The van der Waals surface area contributed by atoms with Gasteiger partial charge in [-0.3, -0.25) is 4.79 Å². The van der Waals surface area contributed by atoms with Gasteiger partial charge in [-0.25, -0.2) is 0 Å². The molecule has 0 aromatic carbocycles. The number of carbonyl (C=O) groups is 1. The fourth-order valence-electron chi connectivity index (χ4n) is 0.966. The van der Waals surface area contributed by atoms with E-state index in [-0.39, 0.29) is 0 Å². The molecule has 0 radical (unpaired) electrons. The predicted molar refractivity (Wildman–Crippen MR) is 60.8 cm³/mol. The van der Waals surface area contributed by atoms with E-state index in [1.807, 2.05) is 12.2 Å². The molecule has 0 saturated carbocycles. The van der Waals surface area contributed by atoms with E-state index in [4.69, 9.17) is 5.73 Å². The summed E-state index contributed by atoms with van der Waals surface area (Å²) in [5.41, 5.74) is 4.91. The zero-order valence-corrected chi connectivity index (χ0v) is 8.78. The summed E-state index contributed by atoms with van der Waals surface area (Å²) in [5.74, 6) is -0.415. The van der Waals surface area contributed by atoms with Crippen LogP contribution in [0.3, 0.4) is 0 Å². The number of allylic oxidation sites excluding steroid dienone is 5. The third-order valence-electron chi connectivity index (χ3n) is 1.70. The minimum atomic E-state index is -0.415. The standard InChI is InChI=1S/C12H19NO/c1-2-3-4-5-6-7-8-9-10-11-12(13)14/h6-11H,2-5H2,1H3,(H2,13,14). The van der Waals surface area contributed by atoms with Gasteiger partial charge in [0.15, 0.2) is 0 Å². The maximum atomic E-state index is 10.3. The number of nitrogens with two attached hydrogens (primary N) is 1. The Hall–Kier alpha value is -1.31. The van der Waals surface area contributed by atoms with Crippen molar-refractivity contribution in [3.05, 3.63) is 36.5 Å². The summed E-state index contributed by atoms with van der Waals surface area (Å²) >= 11 is 0. The number of rotatable bonds is 7. The summed E-state index contributed by atoms with van der Waals surface area (Å²) in [6.07, 6.45) is 15.7. The first-order chi connectivity index (χ1) is 6.77. The van der Waals surface area contributed by atoms with Gasteiger partial charge < -0.3 is 5.73 Å². The molecule has 0 fully saturated rings. The summed E-state index contributed by atoms with van der Waals surface area (Å²) < 4.78 is 0. The van der Waals surface area contributed by atoms with Crippen LogP contribution < -0.4 is 5.73 Å². The third kappa shape index (κ3) is 10.7. The topological polar surface area (TPSA) is 43.1 Å². The van der Waals surface area contributed by atoms with Crippen LogP contribution in [0, 0.1) is 0 Å². The molecule has 0 aromatic heterocycles. The van der Waals surface area contributed by atoms with E-state index in [9.17, 15) is 4.79 Å². The molecule has 0 aliphatic carbocycles. The average molecular weight is 193 g/mol. The van der Waals surface area contributed by atoms with Crippen LogP contribution in [0.1, 0.15) is 32.6 Å². The highest BCUT2D eigenvalue weighted by molar-refractivity contribution is 5.85. The van der Waals surface area contributed by atoms with E-state index < -0.39 is 5.91 Å². The molecule has 0 aliphatic heterocycles. The second-order valence-electron chi connectivity index (χ2n) is 3.07. The van der Waals surface area contributed by atoms with Crippen LogP contribution in [0.25, 0.3) is 0 Å². The van der Waals surface area contributed by atoms with Gasteiger partial charge in [0.1, 0.15) is 0 Å². The molecular weight excluding hydrogens is 174 g/mol. The van der Waals surface area contributed by atoms with Gasteiger partial charge in [-0.1, -0.05) is 50.1 Å². The van der Waals surface area contributed by atoms with Gasteiger partial charge in [0, 0.05) is 6.08 Å². The largest absolute Gasteiger partial charge is 0.366 e. The first-order valence-electron chi connectivity index (χ1n) is 5.06. The number of unbranched alkanes of at least 4 members (excludes halogenated alkanes) is 3. The number of amides is 1. The summed E-state index contributed by atoms with van der Waals surface area (Å²) in [6.45, 7) is 2.19. The number of hydrogen-bond donors (Lipinski definition) is 1. The van der Waals surface area contributed by atoms with E-state index in [2.05, 4.69) is 13.0 Å². The maximum absolute atomic E-state index is 10.3. The maximum Gasteiger partial charge on any atom is 0.241 e. The smallest absolute Gasteiger partial charge is 0.241 e. The fraction of sp³-hybridized carbons (Fsp3) is 0.417. The summed E-state index contributed by atoms with van der Waals surface area (Å²) in [4.78, 5) is 10.3. The van der Waals surface area contributed by atoms with Crippen LogP contribution >= 0.6 is 0 Å². The Bertz CT molecular complexity index is 226. The second-order valence-corrected chi connectivity index (χ2v) is 3.07. The summed E-state index contributed by atoms with van der Waals surface area (Å²) in [6, 6.07) is 0. The molecule has 0 aliphatic rings. The van der Waals surface area contributed by atoms with E-state index in [0.29, 0.717) is 0 Å². The van der Waals surface area contributed by atoms with Crippen LogP contribution in [0.5, 0.6) is 0 Å². The van der Waals surface area contributed by atoms with Gasteiger partial charge in [-0.05, 0) is 12.8 Å². The molecule has 0 aromatic rings. The van der Waals surface area contributed by atoms with E-state index in [1.54, 1.807) is 12.2 Å². The molecule has 0 heterocycles. The van der Waals surface area contributed by atoms with Crippen LogP contribution in [-0.4, -0.2) is 5.91 Å². The van der Waals surface area contributed by atoms with Gasteiger partial charge in [0.25, 0.3) is 0 Å². The fourth-order valence-corrected chi connectivity index (χ4v) is 0.966. The zero-order chi connectivity index (χ0) is 10.6. The lowest BCUT2D eigenvalue weighted by molar-refractivity contribution is -0.113. The van der Waals surface area contributed by atoms with E-state index >= 15 is 0 Å². The van der Waals surface area contributed by atoms with Crippen molar-refractivity contribution in [1.82, 2.24) is 0 Å². The Morgan fingerprint density at radius 2 is 1.86 bits per heavy atom. The molecule has 2 heteroatoms. The van der Waals surface area contributed by atoms with Crippen molar-refractivity contribution in [3.63, 3.8) is 0 Å². The highest BCUT2D eigenvalue weighted by atomic mass is 16.1. The Balaban J connectivity index is 3.46. The van der Waals surface area contributed by atoms with Gasteiger partial charge >= 0.3 is 0 Å². The Morgan fingerprint density at radius 1 is 1.14 bits per heavy atom. The quantitative estimate of drug-likeness (QED) is 0.377. The van der Waals surface area contributed by atoms with Crippen LogP contribution in [0.4, 0.5) is 0 Å². The third-order valence-corrected chi connectivity index (χ3v) is 1.70. The summed E-state index contributed by atoms with van der Waals surface area (Å²) in [5, 5.41) is 0. The van der Waals surface area contributed by atoms with Crippen LogP contribution in [0.2, 0.25) is 0 Å². The first kappa shape index (κ1) is 12.7. The van der Waals surface area contributed by atoms with Gasteiger partial charge in [-0.15, -0.1) is 0 Å². The van der Waals surface area contributed by atoms with Crippen molar-refractivity contribution in [2.75, 3.05) is 0 Å². The van der Waals surface area contributed by atoms with Crippen LogP contribution in [0.15, 0.2) is 36.5 Å². The predicted octanol–water partition coefficient (Wildman–Crippen LogP) is 2.72. The Kier molecular flexibility index (Phi) is 8.86. The molecule has 0 unspecified atom stereocenters. The zero-order valence-electron chi connectivity index (χ0n) is 8.78. The van der Waals surface area contributed by atoms with Crippen LogP contribution in [-0.2, 0) is 4.79 Å². The van der Waals surface area contributed by atoms with Crippen molar-refractivity contribution in [3.8, 4) is 0 Å². The van der Waals surface area contributed by atoms with Crippen molar-refractivity contribution < 1.29 is 4.79 Å². The molecule has 2 N–H and O–H groups in total. The second kappa shape index (κ2) is 9.78. The number of carbonyl (C=O) groups excluding carboxylic acids is 1. The Morgan fingerprint density at radius 3 is 2.50 bits per heavy atom. The lowest BCUT2D eigenvalue weighted by atomic mass is 10.2. The molecule has 2 nitrogen and oxygen atoms in total. The lowest BCUT2D eigenvalue weighted by Crippen LogP contribution is -2.04. The molecule has 0 atom stereocenters. The molecule has 14 heavy (non-hydrogen) atoms. The van der Waals surface area contributed by atoms with E-state index in [1.165, 1.54) is 25.3 Å². The number of primary amides is 1. The van der Waals surface area contributed by atoms with Gasteiger partial charge in [0.2, 0.25) is 5.91 Å². The van der Waals surface area contributed by atoms with Gasteiger partial charge in [0.05, 0.1) is 0 Å². The Labute approximate surface area is 86.2 Å². The molecule has 78 valence electrons. The molecule has 1 amide bonds. The molecule has 0 saturated heterocycles. The van der Waals surface area contributed by atoms with Gasteiger partial charge in [-0.2, -0.15) is 0 Å². The van der Waals surface area contributed by atoms with E-state index in [0.717, 1.165) is 6.42 Å². The summed E-state index contributed by atoms with van der Waals surface area (Å²) in [7, 11) is 0.